The van der Waals surface area contributed by atoms with Gasteiger partial charge in [-0.1, -0.05) is 0 Å². The van der Waals surface area contributed by atoms with E-state index in [1.54, 1.807) is 0 Å². The van der Waals surface area contributed by atoms with Crippen LogP contribution in [0.25, 0.3) is 0 Å². The molecule has 0 unspecified atom stereocenters. The maximum atomic E-state index is 7.40. The summed E-state index contributed by atoms with van der Waals surface area (Å²) in [7, 11) is 1.32. The molecular weight excluding hydrogens is 75.8 g/mol. The molecule has 0 heterocycles. The molecule has 22 valence electrons. The Labute approximate surface area is 53.8 Å². The molecule has 0 aromatic heterocycles. The molecule has 0 aliphatic heterocycles. The Morgan fingerprint density at radius 2 is 2.00 bits per heavy atom. The standard InChI is InChI=1S/CH2BNO.Na.H/c2-4-1-3;;/h2H2;;. The molecule has 5 heavy (non-hydrogen) atoms. The van der Waals surface area contributed by atoms with E-state index in [4.69, 9.17) is 5.26 Å². The zero-order chi connectivity index (χ0) is 3.41. The van der Waals surface area contributed by atoms with Gasteiger partial charge in [0.25, 0.3) is 6.26 Å². The molecule has 0 amide bonds. The third-order valence-corrected chi connectivity index (χ3v) is 0.0913. The van der Waals surface area contributed by atoms with Gasteiger partial charge in [-0.2, -0.15) is 5.26 Å². The van der Waals surface area contributed by atoms with Gasteiger partial charge in [-0.15, -0.1) is 0 Å². The molecule has 0 aromatic carbocycles. The Kier molecular flexibility index (Phi) is 16.0. The van der Waals surface area contributed by atoms with Crippen molar-refractivity contribution >= 4 is 37.6 Å². The molecular formula is CH3BNNaO. The zero-order valence-electron chi connectivity index (χ0n) is 2.36. The summed E-state index contributed by atoms with van der Waals surface area (Å²) in [5.41, 5.74) is 0. The minimum absolute atomic E-state index is 0. The van der Waals surface area contributed by atoms with Gasteiger partial charge in [0.05, 0.1) is 0 Å². The minimum atomic E-state index is 0. The van der Waals surface area contributed by atoms with Crippen molar-refractivity contribution in [3.05, 3.63) is 0 Å². The third kappa shape index (κ3) is 13.2. The van der Waals surface area contributed by atoms with Crippen LogP contribution in [-0.4, -0.2) is 37.6 Å². The summed E-state index contributed by atoms with van der Waals surface area (Å²) in [4.78, 5) is 0. The van der Waals surface area contributed by atoms with E-state index < -0.39 is 0 Å². The number of hydrogen-bond donors (Lipinski definition) is 0. The van der Waals surface area contributed by atoms with Crippen molar-refractivity contribution in [2.75, 3.05) is 0 Å². The molecule has 0 rings (SSSR count). The Bertz CT molecular complexity index is 41.4. The van der Waals surface area contributed by atoms with Gasteiger partial charge in [0, 0.05) is 0 Å². The Morgan fingerprint density at radius 1 is 1.80 bits per heavy atom. The summed E-state index contributed by atoms with van der Waals surface area (Å²) < 4.78 is 3.85. The molecule has 0 aliphatic carbocycles. The average molecular weight is 78.8 g/mol. The normalized spacial score (nSPS) is 3.00. The van der Waals surface area contributed by atoms with Gasteiger partial charge in [-0.05, 0) is 0 Å². The van der Waals surface area contributed by atoms with Crippen LogP contribution in [0.5, 0.6) is 0 Å². The monoisotopic (exact) mass is 79.0 g/mol. The first-order chi connectivity index (χ1) is 1.91. The van der Waals surface area contributed by atoms with Crippen LogP contribution in [-0.2, 0) is 4.65 Å². The molecule has 0 spiro atoms. The molecule has 0 radical (unpaired) electrons. The van der Waals surface area contributed by atoms with Gasteiger partial charge in [-0.25, -0.2) is 0 Å². The summed E-state index contributed by atoms with van der Waals surface area (Å²) in [5, 5.41) is 7.40. The fourth-order valence-electron chi connectivity index (χ4n) is 0. The van der Waals surface area contributed by atoms with Crippen molar-refractivity contribution in [1.82, 2.24) is 0 Å². The van der Waals surface area contributed by atoms with Gasteiger partial charge in [0.15, 0.2) is 0 Å². The first-order valence-electron chi connectivity index (χ1n) is 0.836. The van der Waals surface area contributed by atoms with Crippen molar-refractivity contribution < 1.29 is 4.65 Å². The van der Waals surface area contributed by atoms with Gasteiger partial charge in [0.2, 0.25) is 0 Å². The molecule has 4 heteroatoms. The molecule has 0 bridgehead atoms. The molecule has 0 N–H and O–H groups in total. The topological polar surface area (TPSA) is 33.0 Å². The molecule has 0 fully saturated rings. The number of hydrogen-bond acceptors (Lipinski definition) is 2. The number of rotatable bonds is 0. The van der Waals surface area contributed by atoms with E-state index in [0.29, 0.717) is 0 Å². The van der Waals surface area contributed by atoms with Gasteiger partial charge < -0.3 is 4.65 Å². The third-order valence-electron chi connectivity index (χ3n) is 0.0913. The van der Waals surface area contributed by atoms with Crippen LogP contribution >= 0.6 is 0 Å². The number of nitrogens with zero attached hydrogens (tertiary/aromatic N) is 1. The van der Waals surface area contributed by atoms with Crippen molar-refractivity contribution in [1.29, 1.82) is 5.26 Å². The summed E-state index contributed by atoms with van der Waals surface area (Å²) in [6.07, 6.45) is 1.43. The van der Waals surface area contributed by atoms with E-state index in [0.717, 1.165) is 0 Å². The Morgan fingerprint density at radius 3 is 2.00 bits per heavy atom. The predicted molar refractivity (Wildman–Crippen MR) is 22.4 cm³/mol. The fourth-order valence-corrected chi connectivity index (χ4v) is 0. The van der Waals surface area contributed by atoms with Crippen molar-refractivity contribution in [3.8, 4) is 6.26 Å². The Balaban J connectivity index is 0. The fraction of sp³-hybridized carbons (Fsp3) is 0. The Hall–Kier alpha value is 0.355. The van der Waals surface area contributed by atoms with Gasteiger partial charge in [-0.3, -0.25) is 0 Å². The summed E-state index contributed by atoms with van der Waals surface area (Å²) in [6.45, 7) is 0. The second-order valence-electron chi connectivity index (χ2n) is 0.295. The maximum absolute atomic E-state index is 7.40. The SMILES string of the molecule is BOC#N.[NaH]. The first kappa shape index (κ1) is 9.02. The average Bonchev–Trinajstić information content (AvgIpc) is 1.37. The number of nitriles is 1. The van der Waals surface area contributed by atoms with Crippen LogP contribution in [0.1, 0.15) is 0 Å². The van der Waals surface area contributed by atoms with Crippen LogP contribution in [0.15, 0.2) is 0 Å². The van der Waals surface area contributed by atoms with Crippen LogP contribution in [0.4, 0.5) is 0 Å². The molecule has 0 atom stereocenters. The quantitative estimate of drug-likeness (QED) is 0.258. The van der Waals surface area contributed by atoms with Gasteiger partial charge >= 0.3 is 37.6 Å². The van der Waals surface area contributed by atoms with Crippen LogP contribution in [0.2, 0.25) is 0 Å². The van der Waals surface area contributed by atoms with Crippen molar-refractivity contribution in [3.63, 3.8) is 0 Å². The van der Waals surface area contributed by atoms with E-state index in [1.165, 1.54) is 14.3 Å². The van der Waals surface area contributed by atoms with Crippen LogP contribution in [0, 0.1) is 11.5 Å². The van der Waals surface area contributed by atoms with E-state index in [2.05, 4.69) is 4.65 Å². The summed E-state index contributed by atoms with van der Waals surface area (Å²) >= 11 is 0. The molecule has 0 aliphatic rings. The van der Waals surface area contributed by atoms with Gasteiger partial charge in [0.1, 0.15) is 0 Å². The van der Waals surface area contributed by atoms with Crippen LogP contribution < -0.4 is 0 Å². The van der Waals surface area contributed by atoms with E-state index >= 15 is 0 Å². The molecule has 2 nitrogen and oxygen atoms in total. The van der Waals surface area contributed by atoms with Crippen LogP contribution in [0.3, 0.4) is 0 Å². The summed E-state index contributed by atoms with van der Waals surface area (Å²) in [6, 6.07) is 0. The first-order valence-corrected chi connectivity index (χ1v) is 0.836. The molecule has 0 aromatic rings. The van der Waals surface area contributed by atoms with Crippen molar-refractivity contribution in [2.24, 2.45) is 0 Å². The second-order valence-corrected chi connectivity index (χ2v) is 0.295. The zero-order valence-corrected chi connectivity index (χ0v) is 2.36. The summed E-state index contributed by atoms with van der Waals surface area (Å²) in [5.74, 6) is 0. The molecule has 0 saturated carbocycles. The van der Waals surface area contributed by atoms with E-state index in [-0.39, 0.29) is 29.6 Å². The molecule has 0 saturated heterocycles. The predicted octanol–water partition coefficient (Wildman–Crippen LogP) is -1.62. The van der Waals surface area contributed by atoms with Crippen molar-refractivity contribution in [2.45, 2.75) is 0 Å². The van der Waals surface area contributed by atoms with E-state index in [9.17, 15) is 0 Å². The van der Waals surface area contributed by atoms with E-state index in [1.807, 2.05) is 0 Å². The second kappa shape index (κ2) is 8.84.